The smallest absolute Gasteiger partial charge is 0.329 e. The lowest BCUT2D eigenvalue weighted by atomic mass is 10.2. The van der Waals surface area contributed by atoms with Crippen molar-refractivity contribution in [3.63, 3.8) is 0 Å². The summed E-state index contributed by atoms with van der Waals surface area (Å²) >= 11 is 0. The van der Waals surface area contributed by atoms with Gasteiger partial charge >= 0.3 is 5.69 Å². The molecule has 4 N–H and O–H groups in total. The van der Waals surface area contributed by atoms with E-state index >= 15 is 0 Å². The van der Waals surface area contributed by atoms with E-state index in [1.807, 2.05) is 0 Å². The van der Waals surface area contributed by atoms with Crippen LogP contribution < -0.4 is 11.2 Å². The molecule has 0 amide bonds. The number of aromatic nitrogens is 2. The van der Waals surface area contributed by atoms with Crippen molar-refractivity contribution >= 4 is 0 Å². The van der Waals surface area contributed by atoms with Gasteiger partial charge in [0.1, 0.15) is 18.8 Å². The normalized spacial score (nSPS) is 30.9. The molecule has 3 atom stereocenters. The molecule has 1 aromatic rings. The van der Waals surface area contributed by atoms with E-state index in [0.717, 1.165) is 11.2 Å². The molecule has 0 spiro atoms. The molecule has 0 saturated carbocycles. The molecule has 0 bridgehead atoms. The van der Waals surface area contributed by atoms with Crippen molar-refractivity contribution in [3.05, 3.63) is 34.8 Å². The molecule has 2 rings (SSSR count). The summed E-state index contributed by atoms with van der Waals surface area (Å²) in [5.74, 6) is 0. The van der Waals surface area contributed by atoms with Crippen LogP contribution in [0.25, 0.3) is 0 Å². The van der Waals surface area contributed by atoms with E-state index in [9.17, 15) is 15.0 Å². The van der Waals surface area contributed by atoms with Crippen molar-refractivity contribution in [1.29, 1.82) is 0 Å². The summed E-state index contributed by atoms with van der Waals surface area (Å²) in [5, 5.41) is 30.0. The quantitative estimate of drug-likeness (QED) is 0.323. The fourth-order valence-electron chi connectivity index (χ4n) is 1.41. The molecule has 0 unspecified atom stereocenters. The second-order valence-corrected chi connectivity index (χ2v) is 3.28. The Bertz CT molecular complexity index is 493. The van der Waals surface area contributed by atoms with Gasteiger partial charge in [-0.2, -0.15) is 0 Å². The molecule has 8 heteroatoms. The molecule has 1 fully saturated rings. The maximum absolute atomic E-state index is 11.5. The monoisotopic (exact) mass is 228 g/mol. The van der Waals surface area contributed by atoms with Crippen LogP contribution in [0.1, 0.15) is 6.23 Å². The Morgan fingerprint density at radius 1 is 1.50 bits per heavy atom. The molecule has 1 radical (unpaired) electrons. The number of hydrogen-bond donors (Lipinski definition) is 4. The summed E-state index contributed by atoms with van der Waals surface area (Å²) in [4.78, 5) is 13.7. The molecule has 2 heterocycles. The molecule has 1 aliphatic heterocycles. The van der Waals surface area contributed by atoms with Gasteiger partial charge in [0.15, 0.2) is 11.7 Å². The zero-order valence-electron chi connectivity index (χ0n) is 8.02. The minimum atomic E-state index is -1.22. The fourth-order valence-corrected chi connectivity index (χ4v) is 1.41. The first-order chi connectivity index (χ1) is 7.63. The number of hydrogen-bond acceptors (Lipinski definition) is 6. The SMILES string of the molecule is O=c1[nH]/c(=N\O)ccn1[C@@H]1O[CH][C@H](O)[C@H]1O. The molecule has 1 saturated heterocycles. The number of nitrogens with zero attached hydrogens (tertiary/aromatic N) is 2. The van der Waals surface area contributed by atoms with E-state index in [4.69, 9.17) is 9.94 Å². The highest BCUT2D eigenvalue weighted by Crippen LogP contribution is 2.24. The number of nitrogens with one attached hydrogen (secondary N) is 1. The van der Waals surface area contributed by atoms with Crippen molar-refractivity contribution in [3.8, 4) is 0 Å². The van der Waals surface area contributed by atoms with Gasteiger partial charge in [0, 0.05) is 12.3 Å². The zero-order valence-corrected chi connectivity index (χ0v) is 8.02. The molecule has 8 nitrogen and oxygen atoms in total. The Labute approximate surface area is 89.0 Å². The van der Waals surface area contributed by atoms with Gasteiger partial charge in [0.25, 0.3) is 0 Å². The summed E-state index contributed by atoms with van der Waals surface area (Å²) in [7, 11) is 0. The fraction of sp³-hybridized carbons (Fsp3) is 0.375. The summed E-state index contributed by atoms with van der Waals surface area (Å²) in [6, 6.07) is 1.32. The van der Waals surface area contributed by atoms with Crippen LogP contribution in [-0.2, 0) is 4.74 Å². The lowest BCUT2D eigenvalue weighted by Crippen LogP contribution is -2.37. The summed E-state index contributed by atoms with van der Waals surface area (Å²) in [6.45, 7) is 1.05. The highest BCUT2D eigenvalue weighted by atomic mass is 16.5. The van der Waals surface area contributed by atoms with E-state index < -0.39 is 24.1 Å². The lowest BCUT2D eigenvalue weighted by Gasteiger charge is -2.16. The topological polar surface area (TPSA) is 120 Å². The summed E-state index contributed by atoms with van der Waals surface area (Å²) in [6.07, 6.45) is -2.07. The Kier molecular flexibility index (Phi) is 2.77. The predicted octanol–water partition coefficient (Wildman–Crippen LogP) is -2.12. The minimum absolute atomic E-state index is 0.0155. The molecule has 0 aromatic carbocycles. The van der Waals surface area contributed by atoms with E-state index in [1.165, 1.54) is 12.3 Å². The van der Waals surface area contributed by atoms with E-state index in [-0.39, 0.29) is 5.49 Å². The maximum atomic E-state index is 11.5. The second-order valence-electron chi connectivity index (χ2n) is 3.28. The second kappa shape index (κ2) is 4.08. The minimum Gasteiger partial charge on any atom is -0.409 e. The van der Waals surface area contributed by atoms with Crippen molar-refractivity contribution in [2.24, 2.45) is 5.16 Å². The van der Waals surface area contributed by atoms with Gasteiger partial charge in [-0.1, -0.05) is 5.16 Å². The lowest BCUT2D eigenvalue weighted by molar-refractivity contribution is -0.0169. The van der Waals surface area contributed by atoms with Crippen LogP contribution in [0.15, 0.2) is 22.2 Å². The van der Waals surface area contributed by atoms with Gasteiger partial charge in [-0.15, -0.1) is 0 Å². The highest BCUT2D eigenvalue weighted by Gasteiger charge is 2.36. The molecule has 87 valence electrons. The Hall–Kier alpha value is -1.64. The predicted molar refractivity (Wildman–Crippen MR) is 48.8 cm³/mol. The van der Waals surface area contributed by atoms with Gasteiger partial charge < -0.3 is 20.2 Å². The first-order valence-electron chi connectivity index (χ1n) is 4.48. The third-order valence-electron chi connectivity index (χ3n) is 2.24. The molecular formula is C8H10N3O5. The van der Waals surface area contributed by atoms with Crippen molar-refractivity contribution in [2.45, 2.75) is 18.4 Å². The average molecular weight is 228 g/mol. The number of ether oxygens (including phenoxy) is 1. The van der Waals surface area contributed by atoms with Crippen molar-refractivity contribution in [1.82, 2.24) is 9.55 Å². The first-order valence-corrected chi connectivity index (χ1v) is 4.48. The van der Waals surface area contributed by atoms with Crippen LogP contribution >= 0.6 is 0 Å². The molecule has 16 heavy (non-hydrogen) atoms. The van der Waals surface area contributed by atoms with Crippen molar-refractivity contribution < 1.29 is 20.2 Å². The van der Waals surface area contributed by atoms with Gasteiger partial charge in [-0.25, -0.2) is 4.79 Å². The average Bonchev–Trinajstić information content (AvgIpc) is 2.60. The molecule has 1 aromatic heterocycles. The maximum Gasteiger partial charge on any atom is 0.329 e. The van der Waals surface area contributed by atoms with Gasteiger partial charge in [0.2, 0.25) is 0 Å². The van der Waals surface area contributed by atoms with E-state index in [1.54, 1.807) is 0 Å². The summed E-state index contributed by atoms with van der Waals surface area (Å²) < 4.78 is 5.99. The number of rotatable bonds is 1. The van der Waals surface area contributed by atoms with Crippen LogP contribution in [0, 0.1) is 6.61 Å². The third-order valence-corrected chi connectivity index (χ3v) is 2.24. The number of H-pyrrole nitrogens is 1. The van der Waals surface area contributed by atoms with Crippen LogP contribution in [0.2, 0.25) is 0 Å². The largest absolute Gasteiger partial charge is 0.409 e. The molecule has 0 aliphatic carbocycles. The standard InChI is InChI=1S/C8H10N3O5/c12-4-3-16-7(6(4)13)11-2-1-5(10-15)9-8(11)14/h1-4,6-7,12-13,15H,(H,9,10,14)/t4-,6+,7+/m0/s1. The van der Waals surface area contributed by atoms with E-state index in [2.05, 4.69) is 10.1 Å². The zero-order chi connectivity index (χ0) is 11.7. The molecule has 1 aliphatic rings. The van der Waals surface area contributed by atoms with Crippen LogP contribution in [0.4, 0.5) is 0 Å². The summed E-state index contributed by atoms with van der Waals surface area (Å²) in [5.41, 5.74) is -0.639. The van der Waals surface area contributed by atoms with E-state index in [0.29, 0.717) is 0 Å². The molecular weight excluding hydrogens is 218 g/mol. The van der Waals surface area contributed by atoms with Crippen LogP contribution in [0.3, 0.4) is 0 Å². The van der Waals surface area contributed by atoms with Crippen molar-refractivity contribution in [2.75, 3.05) is 0 Å². The van der Waals surface area contributed by atoms with Gasteiger partial charge in [0.05, 0.1) is 0 Å². The Morgan fingerprint density at radius 3 is 2.75 bits per heavy atom. The van der Waals surface area contributed by atoms with Crippen LogP contribution in [0.5, 0.6) is 0 Å². The first kappa shape index (κ1) is 10.9. The van der Waals surface area contributed by atoms with Gasteiger partial charge in [-0.05, 0) is 0 Å². The Balaban J connectivity index is 2.39. The third kappa shape index (κ3) is 1.73. The number of aromatic amines is 1. The van der Waals surface area contributed by atoms with Crippen LogP contribution in [-0.4, -0.2) is 37.2 Å². The number of aliphatic hydroxyl groups excluding tert-OH is 2. The Morgan fingerprint density at radius 2 is 2.25 bits per heavy atom. The number of aliphatic hydroxyl groups is 2. The highest BCUT2D eigenvalue weighted by molar-refractivity contribution is 4.92. The van der Waals surface area contributed by atoms with Gasteiger partial charge in [-0.3, -0.25) is 9.55 Å².